The summed E-state index contributed by atoms with van der Waals surface area (Å²) in [5, 5.41) is 9.05. The Kier molecular flexibility index (Phi) is 1.99. The first-order chi connectivity index (χ1) is 4.63. The van der Waals surface area contributed by atoms with Crippen molar-refractivity contribution in [2.24, 2.45) is 5.92 Å². The van der Waals surface area contributed by atoms with Gasteiger partial charge in [-0.15, -0.1) is 0 Å². The summed E-state index contributed by atoms with van der Waals surface area (Å²) in [7, 11) is -0.613. The molecule has 1 atom stereocenters. The average Bonchev–Trinajstić information content (AvgIpc) is 2.14. The summed E-state index contributed by atoms with van der Waals surface area (Å²) in [6.45, 7) is 4.22. The third-order valence-corrected chi connectivity index (χ3v) is 1.96. The number of carbonyl (C=O) groups excluding carboxylic acids is 1. The summed E-state index contributed by atoms with van der Waals surface area (Å²) in [4.78, 5) is 12.6. The second kappa shape index (κ2) is 2.62. The lowest BCUT2D eigenvalue weighted by Crippen LogP contribution is -2.38. The van der Waals surface area contributed by atoms with Gasteiger partial charge in [-0.05, 0) is 13.2 Å². The second-order valence-electron chi connectivity index (χ2n) is 2.85. The molecule has 10 heavy (non-hydrogen) atoms. The highest BCUT2D eigenvalue weighted by Crippen LogP contribution is 2.16. The van der Waals surface area contributed by atoms with Gasteiger partial charge in [-0.2, -0.15) is 0 Å². The lowest BCUT2D eigenvalue weighted by atomic mass is 9.85. The Hall–Kier alpha value is -0.505. The third-order valence-electron chi connectivity index (χ3n) is 1.96. The molecule has 1 aliphatic heterocycles. The van der Waals surface area contributed by atoms with Crippen LogP contribution in [0.4, 0.5) is 0 Å². The fraction of sp³-hybridized carbons (Fsp3) is 0.833. The summed E-state index contributed by atoms with van der Waals surface area (Å²) < 4.78 is 0. The van der Waals surface area contributed by atoms with Crippen LogP contribution in [0.1, 0.15) is 13.3 Å². The van der Waals surface area contributed by atoms with Crippen molar-refractivity contribution in [2.45, 2.75) is 20.2 Å². The van der Waals surface area contributed by atoms with E-state index in [9.17, 15) is 4.79 Å². The van der Waals surface area contributed by atoms with Crippen molar-refractivity contribution < 1.29 is 9.82 Å². The fourth-order valence-corrected chi connectivity index (χ4v) is 1.22. The van der Waals surface area contributed by atoms with E-state index in [-0.39, 0.29) is 11.8 Å². The van der Waals surface area contributed by atoms with Gasteiger partial charge in [-0.25, -0.2) is 0 Å². The Bertz CT molecular complexity index is 149. The zero-order valence-corrected chi connectivity index (χ0v) is 6.37. The molecule has 56 valence electrons. The molecule has 0 radical (unpaired) electrons. The highest BCUT2D eigenvalue weighted by atomic mass is 16.2. The zero-order valence-electron chi connectivity index (χ0n) is 6.37. The van der Waals surface area contributed by atoms with Crippen LogP contribution in [0.5, 0.6) is 0 Å². The van der Waals surface area contributed by atoms with Crippen molar-refractivity contribution in [3.8, 4) is 0 Å². The third kappa shape index (κ3) is 1.16. The topological polar surface area (TPSA) is 40.5 Å². The Morgan fingerprint density at radius 3 is 2.60 bits per heavy atom. The normalized spacial score (nSPS) is 25.7. The summed E-state index contributed by atoms with van der Waals surface area (Å²) in [6.07, 6.45) is 0.879. The molecule has 0 spiro atoms. The van der Waals surface area contributed by atoms with E-state index < -0.39 is 7.05 Å². The Morgan fingerprint density at radius 2 is 2.40 bits per heavy atom. The van der Waals surface area contributed by atoms with Crippen molar-refractivity contribution in [3.63, 3.8) is 0 Å². The minimum atomic E-state index is -0.613. The van der Waals surface area contributed by atoms with E-state index in [4.69, 9.17) is 5.02 Å². The lowest BCUT2D eigenvalue weighted by molar-refractivity contribution is -0.127. The molecule has 0 aromatic heterocycles. The summed E-state index contributed by atoms with van der Waals surface area (Å²) in [5.74, 6) is 0.185. The van der Waals surface area contributed by atoms with Crippen molar-refractivity contribution >= 4 is 13.0 Å². The number of nitrogens with zero attached hydrogens (tertiary/aromatic N) is 1. The smallest absolute Gasteiger partial charge is 0.411 e. The van der Waals surface area contributed by atoms with Gasteiger partial charge in [0.2, 0.25) is 5.91 Å². The van der Waals surface area contributed by atoms with Gasteiger partial charge in [0.05, 0.1) is 0 Å². The maximum atomic E-state index is 11.1. The van der Waals surface area contributed by atoms with E-state index in [1.807, 2.05) is 6.92 Å². The van der Waals surface area contributed by atoms with Crippen molar-refractivity contribution in [1.82, 2.24) is 4.81 Å². The molecule has 1 amide bonds. The van der Waals surface area contributed by atoms with Crippen LogP contribution in [0, 0.1) is 5.92 Å². The van der Waals surface area contributed by atoms with E-state index in [1.54, 1.807) is 6.82 Å². The molecule has 3 nitrogen and oxygen atoms in total. The van der Waals surface area contributed by atoms with Crippen LogP contribution < -0.4 is 0 Å². The molecule has 0 bridgehead atoms. The van der Waals surface area contributed by atoms with Crippen LogP contribution in [0.15, 0.2) is 0 Å². The Balaban J connectivity index is 2.57. The van der Waals surface area contributed by atoms with Crippen LogP contribution in [-0.4, -0.2) is 29.3 Å². The Labute approximate surface area is 61.2 Å². The SMILES string of the molecule is CB(O)N1CC[C@@H](C)C1=O. The van der Waals surface area contributed by atoms with Gasteiger partial charge < -0.3 is 9.83 Å². The van der Waals surface area contributed by atoms with Crippen molar-refractivity contribution in [3.05, 3.63) is 0 Å². The minimum absolute atomic E-state index is 0.0787. The maximum Gasteiger partial charge on any atom is 0.411 e. The van der Waals surface area contributed by atoms with Gasteiger partial charge in [-0.3, -0.25) is 4.79 Å². The molecule has 1 N–H and O–H groups in total. The molecule has 1 fully saturated rings. The van der Waals surface area contributed by atoms with Crippen LogP contribution in [-0.2, 0) is 4.79 Å². The van der Waals surface area contributed by atoms with Crippen molar-refractivity contribution in [2.75, 3.05) is 6.54 Å². The van der Waals surface area contributed by atoms with Gasteiger partial charge in [0.1, 0.15) is 0 Å². The molecule has 1 rings (SSSR count). The van der Waals surface area contributed by atoms with E-state index >= 15 is 0 Å². The van der Waals surface area contributed by atoms with Gasteiger partial charge >= 0.3 is 7.05 Å². The molecule has 0 aromatic rings. The molecule has 0 saturated carbocycles. The van der Waals surface area contributed by atoms with Crippen LogP contribution in [0.25, 0.3) is 0 Å². The molecule has 1 saturated heterocycles. The molecule has 4 heteroatoms. The molecule has 0 aromatic carbocycles. The second-order valence-corrected chi connectivity index (χ2v) is 2.85. The first kappa shape index (κ1) is 7.60. The fourth-order valence-electron chi connectivity index (χ4n) is 1.22. The predicted octanol–water partition coefficient (Wildman–Crippen LogP) is -0.0349. The number of carbonyl (C=O) groups is 1. The molecule has 1 heterocycles. The highest BCUT2D eigenvalue weighted by Gasteiger charge is 2.32. The first-order valence-electron chi connectivity index (χ1n) is 3.61. The van der Waals surface area contributed by atoms with Gasteiger partial charge in [0, 0.05) is 12.5 Å². The number of hydrogen-bond donors (Lipinski definition) is 1. The molecule has 1 aliphatic rings. The largest absolute Gasteiger partial charge is 0.432 e. The number of rotatable bonds is 1. The molecule has 0 unspecified atom stereocenters. The monoisotopic (exact) mass is 141 g/mol. The molecular weight excluding hydrogens is 129 g/mol. The average molecular weight is 141 g/mol. The molecular formula is C6H12BNO2. The van der Waals surface area contributed by atoms with Gasteiger partial charge in [0.25, 0.3) is 0 Å². The molecule has 0 aliphatic carbocycles. The Morgan fingerprint density at radius 1 is 1.80 bits per heavy atom. The quantitative estimate of drug-likeness (QED) is 0.520. The van der Waals surface area contributed by atoms with E-state index in [0.717, 1.165) is 6.42 Å². The zero-order chi connectivity index (χ0) is 7.72. The minimum Gasteiger partial charge on any atom is -0.432 e. The van der Waals surface area contributed by atoms with E-state index in [1.165, 1.54) is 4.81 Å². The maximum absolute atomic E-state index is 11.1. The number of amides is 1. The van der Waals surface area contributed by atoms with Crippen LogP contribution in [0.2, 0.25) is 6.82 Å². The predicted molar refractivity (Wildman–Crippen MR) is 39.3 cm³/mol. The van der Waals surface area contributed by atoms with E-state index in [0.29, 0.717) is 6.54 Å². The lowest BCUT2D eigenvalue weighted by Gasteiger charge is -2.15. The summed E-state index contributed by atoms with van der Waals surface area (Å²) in [5.41, 5.74) is 0. The van der Waals surface area contributed by atoms with Gasteiger partial charge in [-0.1, -0.05) is 6.92 Å². The first-order valence-corrected chi connectivity index (χ1v) is 3.61. The standard InChI is InChI=1S/C6H12BNO2/c1-5-3-4-8(6(5)9)7(2)10/h5,10H,3-4H2,1-2H3/t5-/m1/s1. The van der Waals surface area contributed by atoms with Crippen LogP contribution in [0.3, 0.4) is 0 Å². The summed E-state index contributed by atoms with van der Waals surface area (Å²) >= 11 is 0. The van der Waals surface area contributed by atoms with Crippen molar-refractivity contribution in [1.29, 1.82) is 0 Å². The summed E-state index contributed by atoms with van der Waals surface area (Å²) in [6, 6.07) is 0. The highest BCUT2D eigenvalue weighted by molar-refractivity contribution is 6.49. The number of hydrogen-bond acceptors (Lipinski definition) is 2. The van der Waals surface area contributed by atoms with E-state index in [2.05, 4.69) is 0 Å². The van der Waals surface area contributed by atoms with Gasteiger partial charge in [0.15, 0.2) is 0 Å². The van der Waals surface area contributed by atoms with Crippen LogP contribution >= 0.6 is 0 Å².